The normalized spacial score (nSPS) is 22.0. The fraction of sp³-hybridized carbons (Fsp3) is 0.585. The molecule has 264 valence electrons. The number of fused-ring (bicyclic) bond motifs is 4. The molecule has 0 fully saturated rings. The van der Waals surface area contributed by atoms with Crippen molar-refractivity contribution < 1.29 is 13.8 Å². The molecule has 0 saturated carbocycles. The van der Waals surface area contributed by atoms with Gasteiger partial charge in [0, 0.05) is 66.1 Å². The maximum Gasteiger partial charge on any atom is 0.259 e. The topological polar surface area (TPSA) is 70.0 Å². The molecule has 0 aromatic heterocycles. The molecule has 49 heavy (non-hydrogen) atoms. The van der Waals surface area contributed by atoms with Crippen molar-refractivity contribution in [3.63, 3.8) is 0 Å². The maximum atomic E-state index is 9.05. The first-order chi connectivity index (χ1) is 23.7. The summed E-state index contributed by atoms with van der Waals surface area (Å²) < 4.78 is 21.9. The summed E-state index contributed by atoms with van der Waals surface area (Å²) in [6.45, 7) is 20.2. The van der Waals surface area contributed by atoms with Crippen molar-refractivity contribution in [1.29, 1.82) is 5.26 Å². The smallest absolute Gasteiger partial charge is 0.259 e. The van der Waals surface area contributed by atoms with Gasteiger partial charge in [-0.2, -0.15) is 5.26 Å². The van der Waals surface area contributed by atoms with Crippen LogP contribution in [0.4, 0.5) is 11.4 Å². The number of nitrogens with one attached hydrogen (secondary N) is 1. The van der Waals surface area contributed by atoms with Crippen LogP contribution in [0.5, 0.6) is 5.75 Å². The second kappa shape index (κ2) is 16.0. The summed E-state index contributed by atoms with van der Waals surface area (Å²) in [6, 6.07) is 14.0. The lowest BCUT2D eigenvalue weighted by Gasteiger charge is -2.41. The number of rotatable bonds is 13. The number of nitriles is 1. The second-order valence-corrected chi connectivity index (χ2v) is 16.4. The molecule has 2 aromatic carbocycles. The quantitative estimate of drug-likeness (QED) is 0.166. The number of aryl methyl sites for hydroxylation is 1. The zero-order valence-electron chi connectivity index (χ0n) is 30.5. The molecule has 4 aliphatic heterocycles. The third-order valence-corrected chi connectivity index (χ3v) is 13.0. The largest absolute Gasteiger partial charge is 0.485 e. The molecule has 0 spiro atoms. The fourth-order valence-corrected chi connectivity index (χ4v) is 10.1. The average Bonchev–Trinajstić information content (AvgIpc) is 3.12. The van der Waals surface area contributed by atoms with Gasteiger partial charge in [-0.3, -0.25) is 0 Å². The number of ether oxygens (including phenoxy) is 1. The Morgan fingerprint density at radius 2 is 1.84 bits per heavy atom. The van der Waals surface area contributed by atoms with Crippen molar-refractivity contribution in [3.05, 3.63) is 70.3 Å². The van der Waals surface area contributed by atoms with Gasteiger partial charge in [-0.25, -0.2) is 4.67 Å². The van der Waals surface area contributed by atoms with E-state index in [9.17, 15) is 0 Å². The number of para-hydroxylation sites is 1. The van der Waals surface area contributed by atoms with Gasteiger partial charge in [-0.05, 0) is 107 Å². The van der Waals surface area contributed by atoms with Gasteiger partial charge in [0.25, 0.3) is 8.53 Å². The van der Waals surface area contributed by atoms with Crippen LogP contribution in [0.25, 0.3) is 6.08 Å². The van der Waals surface area contributed by atoms with E-state index in [1.165, 1.54) is 70.7 Å². The minimum Gasteiger partial charge on any atom is -0.485 e. The minimum atomic E-state index is -1.21. The van der Waals surface area contributed by atoms with Crippen LogP contribution in [0.1, 0.15) is 108 Å². The van der Waals surface area contributed by atoms with E-state index in [0.717, 1.165) is 57.2 Å². The van der Waals surface area contributed by atoms with E-state index in [0.29, 0.717) is 31.7 Å². The minimum absolute atomic E-state index is 0.0204. The van der Waals surface area contributed by atoms with Crippen molar-refractivity contribution in [2.75, 3.05) is 43.1 Å². The lowest BCUT2D eigenvalue weighted by atomic mass is 9.68. The first-order valence-corrected chi connectivity index (χ1v) is 19.9. The first kappa shape index (κ1) is 35.9. The Bertz CT molecular complexity index is 1550. The number of hydrogen-bond donors (Lipinski definition) is 1. The van der Waals surface area contributed by atoms with Gasteiger partial charge in [0.2, 0.25) is 0 Å². The first-order valence-electron chi connectivity index (χ1n) is 18.8. The van der Waals surface area contributed by atoms with Crippen LogP contribution >= 0.6 is 8.53 Å². The molecule has 7 nitrogen and oxygen atoms in total. The highest BCUT2D eigenvalue weighted by Crippen LogP contribution is 2.51. The zero-order valence-corrected chi connectivity index (χ0v) is 31.4. The van der Waals surface area contributed by atoms with Gasteiger partial charge >= 0.3 is 0 Å². The molecule has 0 aliphatic carbocycles. The summed E-state index contributed by atoms with van der Waals surface area (Å²) in [7, 11) is -1.21. The summed E-state index contributed by atoms with van der Waals surface area (Å²) in [6.07, 6.45) is 12.4. The Balaban J connectivity index is 1.20. The van der Waals surface area contributed by atoms with Crippen LogP contribution in [0.15, 0.2) is 48.1 Å². The van der Waals surface area contributed by atoms with Crippen molar-refractivity contribution in [2.24, 2.45) is 0 Å². The molecule has 3 unspecified atom stereocenters. The van der Waals surface area contributed by atoms with Gasteiger partial charge < -0.3 is 24.0 Å². The number of anilines is 2. The Kier molecular flexibility index (Phi) is 11.7. The van der Waals surface area contributed by atoms with Crippen LogP contribution in [0.3, 0.4) is 0 Å². The summed E-state index contributed by atoms with van der Waals surface area (Å²) in [4.78, 5) is 2.61. The van der Waals surface area contributed by atoms with Crippen molar-refractivity contribution in [1.82, 2.24) is 4.67 Å². The van der Waals surface area contributed by atoms with Crippen LogP contribution < -0.4 is 15.0 Å². The van der Waals surface area contributed by atoms with Crippen molar-refractivity contribution >= 4 is 26.0 Å². The lowest BCUT2D eigenvalue weighted by Crippen LogP contribution is -2.36. The Morgan fingerprint density at radius 1 is 1.08 bits per heavy atom. The summed E-state index contributed by atoms with van der Waals surface area (Å²) in [5.41, 5.74) is 10.4. The summed E-state index contributed by atoms with van der Waals surface area (Å²) >= 11 is 0. The molecule has 4 heterocycles. The molecule has 0 amide bonds. The number of hydrogen-bond acceptors (Lipinski definition) is 7. The van der Waals surface area contributed by atoms with Crippen LogP contribution in [-0.2, 0) is 27.3 Å². The number of nitrogens with zero attached hydrogens (tertiary/aromatic N) is 3. The van der Waals surface area contributed by atoms with Crippen LogP contribution in [-0.4, -0.2) is 55.7 Å². The van der Waals surface area contributed by atoms with Crippen molar-refractivity contribution in [3.8, 4) is 11.8 Å². The van der Waals surface area contributed by atoms with E-state index in [-0.39, 0.29) is 11.5 Å². The predicted molar refractivity (Wildman–Crippen MR) is 203 cm³/mol. The third-order valence-electron chi connectivity index (χ3n) is 10.9. The van der Waals surface area contributed by atoms with Gasteiger partial charge in [0.15, 0.2) is 0 Å². The van der Waals surface area contributed by atoms with E-state index >= 15 is 0 Å². The number of unbranched alkanes of at least 4 members (excludes halogenated alkanes) is 2. The van der Waals surface area contributed by atoms with Crippen LogP contribution in [0, 0.1) is 11.3 Å². The monoisotopic (exact) mass is 684 g/mol. The zero-order chi connectivity index (χ0) is 34.5. The Morgan fingerprint density at radius 3 is 2.61 bits per heavy atom. The molecule has 3 atom stereocenters. The average molecular weight is 685 g/mol. The molecule has 4 aliphatic rings. The Labute approximate surface area is 296 Å². The molecule has 0 saturated heterocycles. The maximum absolute atomic E-state index is 9.05. The van der Waals surface area contributed by atoms with Crippen LogP contribution in [0.2, 0.25) is 0 Å². The molecular formula is C41H57N4O3P. The number of benzene rings is 2. The standard InChI is InChI=1S/C41H57N4O3P/c1-29(2)45(30(3)4)49(47-26-14-21-42)46-25-11-7-10-20-41(6)31(5)35-28-33-27-32-15-12-23-44-24-13-16-34(39(32)44)40(33)48-38(35)19-22-43-37-18-9-8-17-36(37)41/h8-9,17-18,27-30,38,43H,5,7,10-16,19-20,22-26H2,1-4,6H3. The third kappa shape index (κ3) is 7.59. The van der Waals surface area contributed by atoms with E-state index in [1.54, 1.807) is 0 Å². The highest BCUT2D eigenvalue weighted by Gasteiger charge is 2.40. The van der Waals surface area contributed by atoms with Gasteiger partial charge in [0.05, 0.1) is 25.7 Å². The molecule has 0 radical (unpaired) electrons. The van der Waals surface area contributed by atoms with Crippen molar-refractivity contribution in [2.45, 2.75) is 122 Å². The second-order valence-electron chi connectivity index (χ2n) is 14.9. The molecule has 1 N–H and O–H groups in total. The highest BCUT2D eigenvalue weighted by molar-refractivity contribution is 7.44. The van der Waals surface area contributed by atoms with Gasteiger partial charge in [0.1, 0.15) is 11.9 Å². The molecular weight excluding hydrogens is 627 g/mol. The summed E-state index contributed by atoms with van der Waals surface area (Å²) in [5, 5.41) is 12.8. The van der Waals surface area contributed by atoms with E-state index in [1.807, 2.05) is 0 Å². The summed E-state index contributed by atoms with van der Waals surface area (Å²) in [5.74, 6) is 1.12. The molecule has 6 rings (SSSR count). The fourth-order valence-electron chi connectivity index (χ4n) is 8.50. The highest BCUT2D eigenvalue weighted by atomic mass is 31.2. The molecule has 8 heteroatoms. The van der Waals surface area contributed by atoms with E-state index in [2.05, 4.69) is 92.0 Å². The van der Waals surface area contributed by atoms with E-state index in [4.69, 9.17) is 25.6 Å². The Hall–Kier alpha value is -2.88. The predicted octanol–water partition coefficient (Wildman–Crippen LogP) is 9.71. The van der Waals surface area contributed by atoms with Gasteiger partial charge in [-0.15, -0.1) is 0 Å². The van der Waals surface area contributed by atoms with Gasteiger partial charge in [-0.1, -0.05) is 44.5 Å². The molecule has 2 aromatic rings. The SMILES string of the molecule is C=C1C2=Cc3cc4c5c(c3OC2CCNc2ccccc2C1(C)CCCCCOP(OCCC#N)N(C(C)C)C(C)C)CCCN5CCC4. The lowest BCUT2D eigenvalue weighted by molar-refractivity contribution is 0.174. The van der Waals surface area contributed by atoms with E-state index < -0.39 is 8.53 Å². The molecule has 0 bridgehead atoms.